The van der Waals surface area contributed by atoms with Gasteiger partial charge in [0.05, 0.1) is 23.3 Å². The molecule has 1 aromatic rings. The lowest BCUT2D eigenvalue weighted by Crippen LogP contribution is -2.34. The molecule has 0 spiro atoms. The molecule has 0 bridgehead atoms. The fraction of sp³-hybridized carbons (Fsp3) is 0.643. The minimum absolute atomic E-state index is 0.0513. The maximum absolute atomic E-state index is 13.0. The largest absolute Gasteiger partial charge is 0.481 e. The van der Waals surface area contributed by atoms with Gasteiger partial charge in [0.1, 0.15) is 11.4 Å². The molecule has 2 heterocycles. The van der Waals surface area contributed by atoms with Crippen LogP contribution in [0.1, 0.15) is 17.8 Å². The van der Waals surface area contributed by atoms with Crippen LogP contribution in [0.5, 0.6) is 0 Å². The molecule has 0 saturated carbocycles. The van der Waals surface area contributed by atoms with Gasteiger partial charge in [0.15, 0.2) is 0 Å². The second-order valence-corrected chi connectivity index (χ2v) is 6.14. The Balaban J connectivity index is 2.06. The Hall–Kier alpha value is -2.66. The molecule has 2 rings (SSSR count). The van der Waals surface area contributed by atoms with Crippen LogP contribution in [0.4, 0.5) is 18.9 Å². The van der Waals surface area contributed by atoms with E-state index >= 15 is 0 Å². The van der Waals surface area contributed by atoms with Gasteiger partial charge in [-0.15, -0.1) is 0 Å². The second-order valence-electron chi connectivity index (χ2n) is 6.14. The fourth-order valence-electron chi connectivity index (χ4n) is 3.12. The predicted molar refractivity (Wildman–Crippen MR) is 80.2 cm³/mol. The Morgan fingerprint density at radius 3 is 2.38 bits per heavy atom. The molecular formula is C14H17F3N4O5. The van der Waals surface area contributed by atoms with Gasteiger partial charge in [-0.1, -0.05) is 0 Å². The van der Waals surface area contributed by atoms with Crippen LogP contribution in [-0.2, 0) is 16.1 Å². The van der Waals surface area contributed by atoms with E-state index in [-0.39, 0.29) is 30.0 Å². The number of aliphatic carboxylic acids is 1. The first-order valence-corrected chi connectivity index (χ1v) is 7.69. The third-order valence-electron chi connectivity index (χ3n) is 4.47. The highest BCUT2D eigenvalue weighted by Gasteiger charge is 2.53. The molecule has 0 unspecified atom stereocenters. The SMILES string of the molecule is Cc1nn(CCC(=O)N2C[C@@H](C(F)(F)F)[C@H](C(=O)O)C2)c(C)c1[N+](=O)[O-]. The molecule has 12 heteroatoms. The number of carboxylic acid groups (broad SMARTS) is 1. The van der Waals surface area contributed by atoms with Gasteiger partial charge in [0.2, 0.25) is 5.91 Å². The van der Waals surface area contributed by atoms with Crippen molar-refractivity contribution in [2.75, 3.05) is 13.1 Å². The lowest BCUT2D eigenvalue weighted by atomic mass is 9.96. The Morgan fingerprint density at radius 2 is 1.96 bits per heavy atom. The molecule has 1 aliphatic rings. The highest BCUT2D eigenvalue weighted by atomic mass is 19.4. The highest BCUT2D eigenvalue weighted by molar-refractivity contribution is 5.79. The van der Waals surface area contributed by atoms with Crippen LogP contribution < -0.4 is 0 Å². The third-order valence-corrected chi connectivity index (χ3v) is 4.47. The number of amides is 1. The average Bonchev–Trinajstić information content (AvgIpc) is 3.06. The average molecular weight is 378 g/mol. The topological polar surface area (TPSA) is 119 Å². The summed E-state index contributed by atoms with van der Waals surface area (Å²) >= 11 is 0. The van der Waals surface area contributed by atoms with Crippen LogP contribution in [-0.4, -0.2) is 55.9 Å². The number of halogens is 3. The van der Waals surface area contributed by atoms with E-state index in [4.69, 9.17) is 5.11 Å². The quantitative estimate of drug-likeness (QED) is 0.613. The van der Waals surface area contributed by atoms with Gasteiger partial charge in [0, 0.05) is 19.5 Å². The normalized spacial score (nSPS) is 20.4. The van der Waals surface area contributed by atoms with Gasteiger partial charge in [-0.05, 0) is 13.8 Å². The van der Waals surface area contributed by atoms with Crippen LogP contribution >= 0.6 is 0 Å². The summed E-state index contributed by atoms with van der Waals surface area (Å²) in [6.07, 6.45) is -4.95. The molecule has 9 nitrogen and oxygen atoms in total. The van der Waals surface area contributed by atoms with Crippen molar-refractivity contribution in [1.29, 1.82) is 0 Å². The fourth-order valence-corrected chi connectivity index (χ4v) is 3.12. The Morgan fingerprint density at radius 1 is 1.35 bits per heavy atom. The van der Waals surface area contributed by atoms with Crippen molar-refractivity contribution >= 4 is 17.6 Å². The summed E-state index contributed by atoms with van der Waals surface area (Å²) < 4.78 is 40.1. The van der Waals surface area contributed by atoms with Gasteiger partial charge in [-0.3, -0.25) is 24.4 Å². The summed E-state index contributed by atoms with van der Waals surface area (Å²) in [5, 5.41) is 23.9. The van der Waals surface area contributed by atoms with Crippen LogP contribution in [0.3, 0.4) is 0 Å². The van der Waals surface area contributed by atoms with Crippen molar-refractivity contribution < 1.29 is 32.8 Å². The van der Waals surface area contributed by atoms with Crippen LogP contribution in [0, 0.1) is 35.8 Å². The molecule has 0 aromatic carbocycles. The summed E-state index contributed by atoms with van der Waals surface area (Å²) in [7, 11) is 0. The monoisotopic (exact) mass is 378 g/mol. The second kappa shape index (κ2) is 6.92. The molecule has 1 aromatic heterocycles. The molecule has 0 radical (unpaired) electrons. The van der Waals surface area contributed by atoms with Crippen molar-refractivity contribution in [3.05, 3.63) is 21.5 Å². The van der Waals surface area contributed by atoms with E-state index in [1.807, 2.05) is 0 Å². The Bertz CT molecular complexity index is 746. The third kappa shape index (κ3) is 3.78. The smallest absolute Gasteiger partial charge is 0.394 e. The standard InChI is InChI=1S/C14H17F3N4O5/c1-7-12(21(25)26)8(2)20(18-7)4-3-11(22)19-5-9(13(23)24)10(6-19)14(15,16)17/h9-10H,3-6H2,1-2H3,(H,23,24)/t9-,10-/m1/s1. The number of rotatable bonds is 5. The number of hydrogen-bond acceptors (Lipinski definition) is 5. The summed E-state index contributed by atoms with van der Waals surface area (Å²) in [5.41, 5.74) is 0.226. The molecule has 1 saturated heterocycles. The lowest BCUT2D eigenvalue weighted by Gasteiger charge is -2.18. The van der Waals surface area contributed by atoms with Gasteiger partial charge in [0.25, 0.3) is 0 Å². The summed E-state index contributed by atoms with van der Waals surface area (Å²) in [5.74, 6) is -6.07. The molecule has 2 atom stereocenters. The number of nitrogens with zero attached hydrogens (tertiary/aromatic N) is 4. The van der Waals surface area contributed by atoms with Crippen LogP contribution in [0.25, 0.3) is 0 Å². The number of aromatic nitrogens is 2. The van der Waals surface area contributed by atoms with Crippen molar-refractivity contribution in [3.8, 4) is 0 Å². The minimum Gasteiger partial charge on any atom is -0.481 e. The summed E-state index contributed by atoms with van der Waals surface area (Å²) in [4.78, 5) is 34.5. The molecule has 1 aliphatic heterocycles. The van der Waals surface area contributed by atoms with Gasteiger partial charge < -0.3 is 10.0 Å². The number of carbonyl (C=O) groups is 2. The number of likely N-dealkylation sites (tertiary alicyclic amines) is 1. The van der Waals surface area contributed by atoms with E-state index in [0.29, 0.717) is 0 Å². The number of carboxylic acids is 1. The predicted octanol–water partition coefficient (Wildman–Crippen LogP) is 1.52. The summed E-state index contributed by atoms with van der Waals surface area (Å²) in [6, 6.07) is 0. The number of hydrogen-bond donors (Lipinski definition) is 1. The molecular weight excluding hydrogens is 361 g/mol. The molecule has 1 fully saturated rings. The Kier molecular flexibility index (Phi) is 5.23. The highest BCUT2D eigenvalue weighted by Crippen LogP contribution is 2.38. The van der Waals surface area contributed by atoms with Crippen molar-refractivity contribution in [3.63, 3.8) is 0 Å². The van der Waals surface area contributed by atoms with Crippen LogP contribution in [0.15, 0.2) is 0 Å². The molecule has 1 N–H and O–H groups in total. The minimum atomic E-state index is -4.71. The van der Waals surface area contributed by atoms with Crippen molar-refractivity contribution in [2.24, 2.45) is 11.8 Å². The van der Waals surface area contributed by atoms with Gasteiger partial charge >= 0.3 is 17.8 Å². The van der Waals surface area contributed by atoms with E-state index < -0.39 is 47.9 Å². The zero-order chi connectivity index (χ0) is 19.8. The van der Waals surface area contributed by atoms with Crippen molar-refractivity contribution in [2.45, 2.75) is 33.0 Å². The maximum atomic E-state index is 13.0. The number of nitro groups is 1. The van der Waals surface area contributed by atoms with E-state index in [0.717, 1.165) is 4.90 Å². The molecule has 1 amide bonds. The van der Waals surface area contributed by atoms with Crippen LogP contribution in [0.2, 0.25) is 0 Å². The van der Waals surface area contributed by atoms with Gasteiger partial charge in [-0.2, -0.15) is 18.3 Å². The molecule has 144 valence electrons. The van der Waals surface area contributed by atoms with E-state index in [1.54, 1.807) is 0 Å². The van der Waals surface area contributed by atoms with E-state index in [1.165, 1.54) is 18.5 Å². The first-order valence-electron chi connectivity index (χ1n) is 7.69. The number of alkyl halides is 3. The number of carbonyl (C=O) groups excluding carboxylic acids is 1. The maximum Gasteiger partial charge on any atom is 0.394 e. The van der Waals surface area contributed by atoms with Gasteiger partial charge in [-0.25, -0.2) is 0 Å². The van der Waals surface area contributed by atoms with Crippen molar-refractivity contribution in [1.82, 2.24) is 14.7 Å². The first-order chi connectivity index (χ1) is 11.9. The molecule has 0 aliphatic carbocycles. The summed E-state index contributed by atoms with van der Waals surface area (Å²) in [6.45, 7) is 1.62. The zero-order valence-corrected chi connectivity index (χ0v) is 14.0. The Labute approximate surface area is 145 Å². The van der Waals surface area contributed by atoms with E-state index in [9.17, 15) is 32.9 Å². The number of aryl methyl sites for hydroxylation is 2. The molecule has 26 heavy (non-hydrogen) atoms. The van der Waals surface area contributed by atoms with E-state index in [2.05, 4.69) is 5.10 Å². The lowest BCUT2D eigenvalue weighted by molar-refractivity contribution is -0.386. The zero-order valence-electron chi connectivity index (χ0n) is 14.0. The first kappa shape index (κ1) is 19.7.